The van der Waals surface area contributed by atoms with Gasteiger partial charge in [-0.05, 0) is 18.2 Å². The fraction of sp³-hybridized carbons (Fsp3) is 0.0714. The summed E-state index contributed by atoms with van der Waals surface area (Å²) in [6, 6.07) is 9.15. The number of fused-ring (bicyclic) bond motifs is 1. The van der Waals surface area contributed by atoms with Crippen molar-refractivity contribution in [3.05, 3.63) is 68.3 Å². The molecule has 0 N–H and O–H groups in total. The second-order valence-electron chi connectivity index (χ2n) is 4.72. The maximum absolute atomic E-state index is 12.5. The third kappa shape index (κ3) is 2.55. The first kappa shape index (κ1) is 14.4. The molecule has 1 heterocycles. The van der Waals surface area contributed by atoms with E-state index in [1.165, 1.54) is 41.3 Å². The number of ether oxygens (including phenoxy) is 1. The Morgan fingerprint density at radius 3 is 2.17 bits per heavy atom. The van der Waals surface area contributed by atoms with E-state index in [0.717, 1.165) is 6.07 Å². The normalized spacial score (nSPS) is 13.2. The molecule has 3 rings (SSSR count). The molecule has 0 saturated carbocycles. The van der Waals surface area contributed by atoms with E-state index in [9.17, 15) is 25.0 Å². The lowest BCUT2D eigenvalue weighted by Crippen LogP contribution is -2.38. The largest absolute Gasteiger partial charge is 0.472 e. The zero-order valence-electron chi connectivity index (χ0n) is 11.5. The minimum atomic E-state index is -0.599. The molecule has 2 aromatic rings. The summed E-state index contributed by atoms with van der Waals surface area (Å²) in [5.74, 6) is -0.206. The first-order chi connectivity index (χ1) is 11.0. The van der Waals surface area contributed by atoms with Crippen molar-refractivity contribution in [3.8, 4) is 5.75 Å². The molecule has 23 heavy (non-hydrogen) atoms. The Morgan fingerprint density at radius 1 is 0.957 bits per heavy atom. The predicted octanol–water partition coefficient (Wildman–Crippen LogP) is 2.50. The van der Waals surface area contributed by atoms with Crippen LogP contribution in [0.5, 0.6) is 5.75 Å². The molecule has 1 aliphatic heterocycles. The molecule has 1 aliphatic rings. The number of nitro benzene ring substituents is 2. The van der Waals surface area contributed by atoms with E-state index in [-0.39, 0.29) is 29.4 Å². The molecule has 0 atom stereocenters. The minimum Gasteiger partial charge on any atom is -0.472 e. The first-order valence-electron chi connectivity index (χ1n) is 6.45. The Balaban J connectivity index is 1.95. The van der Waals surface area contributed by atoms with Crippen LogP contribution in [0.1, 0.15) is 10.4 Å². The number of hydrogen-bond donors (Lipinski definition) is 0. The molecule has 0 fully saturated rings. The topological polar surface area (TPSA) is 116 Å². The van der Waals surface area contributed by atoms with Gasteiger partial charge in [0.15, 0.2) is 6.73 Å². The molecule has 9 heteroatoms. The molecule has 2 aromatic carbocycles. The third-order valence-electron chi connectivity index (χ3n) is 3.37. The van der Waals surface area contributed by atoms with E-state index in [4.69, 9.17) is 4.74 Å². The lowest BCUT2D eigenvalue weighted by molar-refractivity contribution is -0.385. The van der Waals surface area contributed by atoms with Crippen LogP contribution < -0.4 is 9.64 Å². The standard InChI is InChI=1S/C14H9N3O6/c18-14-12-7-11(17(21)22)5-6-13(12)23-8-15(14)9-1-3-10(4-2-9)16(19)20/h1-7H,8H2. The zero-order chi connectivity index (χ0) is 16.6. The summed E-state index contributed by atoms with van der Waals surface area (Å²) in [6.45, 7) is -0.0819. The van der Waals surface area contributed by atoms with Crippen molar-refractivity contribution in [2.75, 3.05) is 11.6 Å². The molecule has 0 saturated heterocycles. The van der Waals surface area contributed by atoms with Crippen molar-refractivity contribution in [3.63, 3.8) is 0 Å². The predicted molar refractivity (Wildman–Crippen MR) is 78.5 cm³/mol. The van der Waals surface area contributed by atoms with Crippen molar-refractivity contribution >= 4 is 23.0 Å². The van der Waals surface area contributed by atoms with Crippen LogP contribution in [0.4, 0.5) is 17.1 Å². The number of hydrogen-bond acceptors (Lipinski definition) is 6. The Kier molecular flexibility index (Phi) is 3.37. The average molecular weight is 315 g/mol. The zero-order valence-corrected chi connectivity index (χ0v) is 11.5. The number of rotatable bonds is 3. The van der Waals surface area contributed by atoms with Crippen LogP contribution in [-0.4, -0.2) is 22.5 Å². The Labute approximate surface area is 129 Å². The van der Waals surface area contributed by atoms with Crippen molar-refractivity contribution in [2.45, 2.75) is 0 Å². The van der Waals surface area contributed by atoms with E-state index < -0.39 is 15.8 Å². The maximum Gasteiger partial charge on any atom is 0.270 e. The molecular formula is C14H9N3O6. The summed E-state index contributed by atoms with van der Waals surface area (Å²) >= 11 is 0. The SMILES string of the molecule is O=C1c2cc([N+](=O)[O-])ccc2OCN1c1ccc([N+](=O)[O-])cc1. The molecule has 0 radical (unpaired) electrons. The van der Waals surface area contributed by atoms with E-state index in [2.05, 4.69) is 0 Å². The van der Waals surface area contributed by atoms with Gasteiger partial charge in [0.05, 0.1) is 15.4 Å². The van der Waals surface area contributed by atoms with Gasteiger partial charge in [-0.25, -0.2) is 0 Å². The number of anilines is 1. The lowest BCUT2D eigenvalue weighted by Gasteiger charge is -2.28. The number of nitro groups is 2. The third-order valence-corrected chi connectivity index (χ3v) is 3.37. The average Bonchev–Trinajstić information content (AvgIpc) is 2.55. The van der Waals surface area contributed by atoms with Gasteiger partial charge in [0.2, 0.25) is 0 Å². The van der Waals surface area contributed by atoms with Crippen molar-refractivity contribution in [1.29, 1.82) is 0 Å². The van der Waals surface area contributed by atoms with Gasteiger partial charge in [-0.15, -0.1) is 0 Å². The lowest BCUT2D eigenvalue weighted by atomic mass is 10.1. The number of nitrogens with zero attached hydrogens (tertiary/aromatic N) is 3. The molecule has 0 aromatic heterocycles. The summed E-state index contributed by atoms with van der Waals surface area (Å²) in [7, 11) is 0. The highest BCUT2D eigenvalue weighted by Gasteiger charge is 2.29. The number of amides is 1. The molecule has 0 unspecified atom stereocenters. The van der Waals surface area contributed by atoms with Crippen LogP contribution >= 0.6 is 0 Å². The molecule has 116 valence electrons. The van der Waals surface area contributed by atoms with Gasteiger partial charge in [0.25, 0.3) is 17.3 Å². The summed E-state index contributed by atoms with van der Waals surface area (Å²) in [5.41, 5.74) is 0.156. The first-order valence-corrected chi connectivity index (χ1v) is 6.45. The van der Waals surface area contributed by atoms with Gasteiger partial charge in [-0.3, -0.25) is 29.9 Å². The van der Waals surface area contributed by atoms with Gasteiger partial charge < -0.3 is 4.74 Å². The molecule has 1 amide bonds. The molecule has 0 spiro atoms. The molecule has 9 nitrogen and oxygen atoms in total. The van der Waals surface area contributed by atoms with Crippen LogP contribution in [0, 0.1) is 20.2 Å². The second-order valence-corrected chi connectivity index (χ2v) is 4.72. The van der Waals surface area contributed by atoms with Crippen LogP contribution in [0.2, 0.25) is 0 Å². The van der Waals surface area contributed by atoms with Gasteiger partial charge in [0.1, 0.15) is 5.75 Å². The fourth-order valence-electron chi connectivity index (χ4n) is 2.21. The minimum absolute atomic E-state index is 0.0730. The van der Waals surface area contributed by atoms with Crippen molar-refractivity contribution in [1.82, 2.24) is 0 Å². The van der Waals surface area contributed by atoms with E-state index >= 15 is 0 Å². The maximum atomic E-state index is 12.5. The highest BCUT2D eigenvalue weighted by molar-refractivity contribution is 6.09. The van der Waals surface area contributed by atoms with Crippen molar-refractivity contribution < 1.29 is 19.4 Å². The van der Waals surface area contributed by atoms with E-state index in [1.54, 1.807) is 0 Å². The quantitative estimate of drug-likeness (QED) is 0.634. The Bertz CT molecular complexity index is 818. The number of non-ortho nitro benzene ring substituents is 2. The van der Waals surface area contributed by atoms with Gasteiger partial charge in [-0.1, -0.05) is 0 Å². The highest BCUT2D eigenvalue weighted by atomic mass is 16.6. The van der Waals surface area contributed by atoms with Crippen molar-refractivity contribution in [2.24, 2.45) is 0 Å². The smallest absolute Gasteiger partial charge is 0.270 e. The summed E-state index contributed by atoms with van der Waals surface area (Å²) in [4.78, 5) is 34.1. The monoisotopic (exact) mass is 315 g/mol. The number of carbonyl (C=O) groups excluding carboxylic acids is 1. The Hall–Kier alpha value is -3.49. The molecule has 0 bridgehead atoms. The van der Waals surface area contributed by atoms with Crippen LogP contribution in [0.25, 0.3) is 0 Å². The fourth-order valence-corrected chi connectivity index (χ4v) is 2.21. The molecular weight excluding hydrogens is 306 g/mol. The van der Waals surface area contributed by atoms with Crippen LogP contribution in [0.3, 0.4) is 0 Å². The summed E-state index contributed by atoms with van der Waals surface area (Å²) in [6.07, 6.45) is 0. The van der Waals surface area contributed by atoms with Gasteiger partial charge in [-0.2, -0.15) is 0 Å². The summed E-state index contributed by atoms with van der Waals surface area (Å²) in [5, 5.41) is 21.5. The number of carbonyl (C=O) groups is 1. The number of benzene rings is 2. The van der Waals surface area contributed by atoms with E-state index in [1.807, 2.05) is 0 Å². The second kappa shape index (κ2) is 5.37. The van der Waals surface area contributed by atoms with Crippen LogP contribution in [-0.2, 0) is 0 Å². The highest BCUT2D eigenvalue weighted by Crippen LogP contribution is 2.31. The summed E-state index contributed by atoms with van der Waals surface area (Å²) < 4.78 is 5.42. The van der Waals surface area contributed by atoms with Gasteiger partial charge >= 0.3 is 0 Å². The Morgan fingerprint density at radius 2 is 1.57 bits per heavy atom. The van der Waals surface area contributed by atoms with Crippen LogP contribution in [0.15, 0.2) is 42.5 Å². The van der Waals surface area contributed by atoms with E-state index in [0.29, 0.717) is 5.69 Å². The molecule has 0 aliphatic carbocycles. The van der Waals surface area contributed by atoms with Gasteiger partial charge in [0, 0.05) is 30.0 Å².